The number of alkyl carbamates (subject to hydrolysis) is 1. The maximum atomic E-state index is 12.3. The van der Waals surface area contributed by atoms with Gasteiger partial charge >= 0.3 is 12.1 Å². The Morgan fingerprint density at radius 1 is 1.06 bits per heavy atom. The van der Waals surface area contributed by atoms with Gasteiger partial charge in [-0.05, 0) is 29.2 Å². The highest BCUT2D eigenvalue weighted by atomic mass is 32.1. The number of carbonyl (C=O) groups excluding carboxylic acids is 2. The Morgan fingerprint density at radius 2 is 1.69 bits per heavy atom. The number of hydrogen-bond donors (Lipinski definition) is 4. The number of hydrogen-bond acceptors (Lipinski definition) is 7. The topological polar surface area (TPSA) is 138 Å². The molecule has 0 bridgehead atoms. The van der Waals surface area contributed by atoms with E-state index in [4.69, 9.17) is 9.84 Å². The molecule has 1 aliphatic rings. The van der Waals surface area contributed by atoms with Gasteiger partial charge in [-0.3, -0.25) is 4.79 Å². The lowest BCUT2D eigenvalue weighted by Gasteiger charge is -2.17. The summed E-state index contributed by atoms with van der Waals surface area (Å²) in [4.78, 5) is 39.5. The van der Waals surface area contributed by atoms with Gasteiger partial charge in [-0.2, -0.15) is 0 Å². The predicted molar refractivity (Wildman–Crippen MR) is 129 cm³/mol. The molecule has 1 unspecified atom stereocenters. The van der Waals surface area contributed by atoms with Crippen molar-refractivity contribution in [2.45, 2.75) is 24.9 Å². The molecule has 35 heavy (non-hydrogen) atoms. The number of aliphatic hydroxyl groups is 1. The van der Waals surface area contributed by atoms with E-state index in [1.54, 1.807) is 0 Å². The first-order valence-electron chi connectivity index (χ1n) is 11.0. The Hall–Kier alpha value is -3.76. The Morgan fingerprint density at radius 3 is 2.31 bits per heavy atom. The van der Waals surface area contributed by atoms with Gasteiger partial charge in [0.1, 0.15) is 12.3 Å². The molecule has 2 aromatic carbocycles. The molecule has 0 spiro atoms. The predicted octanol–water partition coefficient (Wildman–Crippen LogP) is 2.79. The number of aromatic nitrogens is 1. The van der Waals surface area contributed by atoms with E-state index in [1.807, 2.05) is 24.3 Å². The molecule has 4 N–H and O–H groups in total. The molecule has 0 saturated heterocycles. The zero-order valence-electron chi connectivity index (χ0n) is 19.0. The maximum absolute atomic E-state index is 12.3. The molecule has 0 aliphatic heterocycles. The first-order valence-corrected chi connectivity index (χ1v) is 11.9. The molecule has 4 rings (SSSR count). The second-order valence-electron chi connectivity index (χ2n) is 8.39. The number of rotatable bonds is 9. The van der Waals surface area contributed by atoms with Crippen LogP contribution in [0.5, 0.6) is 0 Å². The molecular weight excluding hydrogens is 470 g/mol. The molecule has 1 aliphatic carbocycles. The van der Waals surface area contributed by atoms with Crippen molar-refractivity contribution in [2.75, 3.05) is 19.7 Å². The van der Waals surface area contributed by atoms with E-state index in [0.717, 1.165) is 29.2 Å². The van der Waals surface area contributed by atoms with E-state index in [0.29, 0.717) is 11.4 Å². The van der Waals surface area contributed by atoms with E-state index in [1.165, 1.54) is 16.7 Å². The molecule has 1 heterocycles. The van der Waals surface area contributed by atoms with Crippen molar-refractivity contribution in [1.29, 1.82) is 0 Å². The normalized spacial score (nSPS) is 13.9. The number of amides is 2. The molecule has 9 nitrogen and oxygen atoms in total. The molecule has 0 radical (unpaired) electrons. The third-order valence-corrected chi connectivity index (χ3v) is 6.70. The fraction of sp³-hybridized carbons (Fsp3) is 0.280. The van der Waals surface area contributed by atoms with Crippen LogP contribution >= 0.6 is 11.3 Å². The Labute approximate surface area is 205 Å². The zero-order valence-corrected chi connectivity index (χ0v) is 19.8. The minimum absolute atomic E-state index is 0.0184. The van der Waals surface area contributed by atoms with Crippen molar-refractivity contribution in [3.8, 4) is 11.1 Å². The largest absolute Gasteiger partial charge is 0.479 e. The van der Waals surface area contributed by atoms with Gasteiger partial charge in [0.2, 0.25) is 0 Å². The summed E-state index contributed by atoms with van der Waals surface area (Å²) in [6.07, 6.45) is -0.132. The smallest absolute Gasteiger partial charge is 0.407 e. The van der Waals surface area contributed by atoms with Gasteiger partial charge in [-0.1, -0.05) is 48.5 Å². The monoisotopic (exact) mass is 495 g/mol. The summed E-state index contributed by atoms with van der Waals surface area (Å²) in [6.45, 7) is 1.15. The maximum Gasteiger partial charge on any atom is 0.407 e. The number of nitrogens with zero attached hydrogens (tertiary/aromatic N) is 1. The SMILES string of the molecule is CC(O)(CNC(=O)c1csc(CCNC(=O)OCC2c3ccccc3-c3ccccc32)n1)C(=O)O. The van der Waals surface area contributed by atoms with Crippen LogP contribution in [0.1, 0.15) is 39.5 Å². The minimum atomic E-state index is -2.07. The number of carboxylic acids is 1. The van der Waals surface area contributed by atoms with Crippen molar-refractivity contribution in [3.63, 3.8) is 0 Å². The van der Waals surface area contributed by atoms with Gasteiger partial charge in [0.15, 0.2) is 5.60 Å². The number of ether oxygens (including phenoxy) is 1. The van der Waals surface area contributed by atoms with Crippen LogP contribution in [0.25, 0.3) is 11.1 Å². The number of aliphatic carboxylic acids is 1. The van der Waals surface area contributed by atoms with Gasteiger partial charge < -0.3 is 25.6 Å². The van der Waals surface area contributed by atoms with Crippen LogP contribution in [0, 0.1) is 0 Å². The van der Waals surface area contributed by atoms with Gasteiger partial charge in [0.05, 0.1) is 11.6 Å². The van der Waals surface area contributed by atoms with E-state index in [2.05, 4.69) is 39.9 Å². The first kappa shape index (κ1) is 24.4. The minimum Gasteiger partial charge on any atom is -0.479 e. The van der Waals surface area contributed by atoms with E-state index >= 15 is 0 Å². The van der Waals surface area contributed by atoms with Crippen LogP contribution in [0.4, 0.5) is 4.79 Å². The first-order chi connectivity index (χ1) is 16.8. The molecule has 10 heteroatoms. The van der Waals surface area contributed by atoms with Crippen molar-refractivity contribution in [3.05, 3.63) is 75.7 Å². The van der Waals surface area contributed by atoms with Crippen LogP contribution in [-0.4, -0.2) is 58.5 Å². The average molecular weight is 496 g/mol. The van der Waals surface area contributed by atoms with Crippen LogP contribution in [0.3, 0.4) is 0 Å². The molecule has 0 fully saturated rings. The summed E-state index contributed by atoms with van der Waals surface area (Å²) in [5, 5.41) is 25.8. The van der Waals surface area contributed by atoms with Crippen molar-refractivity contribution >= 4 is 29.3 Å². The highest BCUT2D eigenvalue weighted by Gasteiger charge is 2.31. The van der Waals surface area contributed by atoms with E-state index < -0.39 is 30.1 Å². The summed E-state index contributed by atoms with van der Waals surface area (Å²) in [7, 11) is 0. The molecule has 1 aromatic heterocycles. The summed E-state index contributed by atoms with van der Waals surface area (Å²) in [6, 6.07) is 16.2. The lowest BCUT2D eigenvalue weighted by Crippen LogP contribution is -2.46. The quantitative estimate of drug-likeness (QED) is 0.358. The van der Waals surface area contributed by atoms with E-state index in [-0.39, 0.29) is 24.8 Å². The van der Waals surface area contributed by atoms with Crippen LogP contribution in [-0.2, 0) is 16.0 Å². The molecule has 0 saturated carbocycles. The van der Waals surface area contributed by atoms with Crippen molar-refractivity contribution in [2.24, 2.45) is 0 Å². The molecular formula is C25H25N3O6S. The van der Waals surface area contributed by atoms with Gasteiger partial charge in [-0.25, -0.2) is 14.6 Å². The zero-order chi connectivity index (χ0) is 25.0. The lowest BCUT2D eigenvalue weighted by molar-refractivity contribution is -0.155. The number of carbonyl (C=O) groups is 3. The lowest BCUT2D eigenvalue weighted by atomic mass is 9.98. The van der Waals surface area contributed by atoms with Crippen LogP contribution < -0.4 is 10.6 Å². The molecule has 182 valence electrons. The standard InChI is InChI=1S/C25H25N3O6S/c1-25(33,23(30)31)14-27-22(29)20-13-35-21(28-20)10-11-26-24(32)34-12-19-17-8-4-2-6-15(17)16-7-3-5-9-18(16)19/h2-9,13,19,33H,10-12,14H2,1H3,(H,26,32)(H,27,29)(H,30,31). The van der Waals surface area contributed by atoms with E-state index in [9.17, 15) is 19.5 Å². The molecule has 3 aromatic rings. The third kappa shape index (κ3) is 5.50. The van der Waals surface area contributed by atoms with Crippen molar-refractivity contribution in [1.82, 2.24) is 15.6 Å². The van der Waals surface area contributed by atoms with Gasteiger partial charge in [0.25, 0.3) is 5.91 Å². The Balaban J connectivity index is 1.24. The summed E-state index contributed by atoms with van der Waals surface area (Å²) < 4.78 is 5.50. The number of thiazole rings is 1. The summed E-state index contributed by atoms with van der Waals surface area (Å²) >= 11 is 1.24. The highest BCUT2D eigenvalue weighted by molar-refractivity contribution is 7.09. The Kier molecular flexibility index (Phi) is 7.13. The Bertz CT molecular complexity index is 1210. The van der Waals surface area contributed by atoms with Gasteiger partial charge in [0, 0.05) is 24.3 Å². The highest BCUT2D eigenvalue weighted by Crippen LogP contribution is 2.44. The van der Waals surface area contributed by atoms with Gasteiger partial charge in [-0.15, -0.1) is 11.3 Å². The number of fused-ring (bicyclic) bond motifs is 3. The van der Waals surface area contributed by atoms with Crippen molar-refractivity contribution < 1.29 is 29.3 Å². The van der Waals surface area contributed by atoms with Crippen LogP contribution in [0.15, 0.2) is 53.9 Å². The second-order valence-corrected chi connectivity index (χ2v) is 9.33. The fourth-order valence-electron chi connectivity index (χ4n) is 3.87. The van der Waals surface area contributed by atoms with Crippen LogP contribution in [0.2, 0.25) is 0 Å². The fourth-order valence-corrected chi connectivity index (χ4v) is 4.65. The summed E-state index contributed by atoms with van der Waals surface area (Å²) in [5.41, 5.74) is 2.65. The average Bonchev–Trinajstić information content (AvgIpc) is 3.44. The molecule has 2 amide bonds. The number of carboxylic acid groups (broad SMARTS) is 1. The molecule has 1 atom stereocenters. The summed E-state index contributed by atoms with van der Waals surface area (Å²) in [5.74, 6) is -2.04. The number of benzene rings is 2. The second kappa shape index (κ2) is 10.2. The number of nitrogens with one attached hydrogen (secondary N) is 2. The third-order valence-electron chi connectivity index (χ3n) is 5.79.